The summed E-state index contributed by atoms with van der Waals surface area (Å²) >= 11 is 1.68. The van der Waals surface area contributed by atoms with Crippen molar-refractivity contribution >= 4 is 17.4 Å². The largest absolute Gasteiger partial charge is 0.492 e. The zero-order valence-corrected chi connectivity index (χ0v) is 12.0. The van der Waals surface area contributed by atoms with Crippen LogP contribution in [-0.4, -0.2) is 25.5 Å². The highest BCUT2D eigenvalue weighted by molar-refractivity contribution is 7.99. The Morgan fingerprint density at radius 1 is 1.15 bits per heavy atom. The number of fused-ring (bicyclic) bond motifs is 1. The molecule has 5 heteroatoms. The Hall–Kier alpha value is -2.01. The summed E-state index contributed by atoms with van der Waals surface area (Å²) in [5, 5.41) is 15.6. The van der Waals surface area contributed by atoms with Gasteiger partial charge in [-0.15, -0.1) is 11.8 Å². The summed E-state index contributed by atoms with van der Waals surface area (Å²) in [4.78, 5) is 4.45. The van der Waals surface area contributed by atoms with Crippen LogP contribution < -0.4 is 0 Å². The van der Waals surface area contributed by atoms with Gasteiger partial charge in [0.2, 0.25) is 5.88 Å². The van der Waals surface area contributed by atoms with E-state index in [1.165, 1.54) is 4.52 Å². The molecule has 0 aliphatic rings. The molecule has 102 valence electrons. The number of hydrogen-bond acceptors (Lipinski definition) is 4. The average molecular weight is 285 g/mol. The lowest BCUT2D eigenvalue weighted by atomic mass is 10.2. The quantitative estimate of drug-likeness (QED) is 0.744. The first kappa shape index (κ1) is 13.0. The molecule has 0 atom stereocenters. The summed E-state index contributed by atoms with van der Waals surface area (Å²) in [5.74, 6) is 1.10. The molecule has 4 nitrogen and oxygen atoms in total. The van der Waals surface area contributed by atoms with Crippen LogP contribution in [0.5, 0.6) is 5.88 Å². The number of hydrogen-bond donors (Lipinski definition) is 1. The fourth-order valence-electron chi connectivity index (χ4n) is 1.98. The van der Waals surface area contributed by atoms with Gasteiger partial charge in [-0.25, -0.2) is 4.98 Å². The molecule has 0 amide bonds. The third-order valence-electron chi connectivity index (χ3n) is 2.93. The molecule has 0 bridgehead atoms. The van der Waals surface area contributed by atoms with Crippen LogP contribution in [0.3, 0.4) is 0 Å². The summed E-state index contributed by atoms with van der Waals surface area (Å²) < 4.78 is 1.50. The van der Waals surface area contributed by atoms with Crippen molar-refractivity contribution in [2.45, 2.75) is 18.4 Å². The molecule has 1 N–H and O–H groups in total. The molecular formula is C15H15N3OS. The Morgan fingerprint density at radius 3 is 2.70 bits per heavy atom. The Labute approximate surface area is 121 Å². The van der Waals surface area contributed by atoms with Gasteiger partial charge in [0.1, 0.15) is 10.7 Å². The fourth-order valence-corrected chi connectivity index (χ4v) is 2.70. The summed E-state index contributed by atoms with van der Waals surface area (Å²) in [6.07, 6.45) is 1.09. The highest BCUT2D eigenvalue weighted by Gasteiger charge is 2.14. The Morgan fingerprint density at radius 2 is 1.95 bits per heavy atom. The van der Waals surface area contributed by atoms with Crippen molar-refractivity contribution in [3.63, 3.8) is 0 Å². The normalized spacial score (nSPS) is 11.1. The number of aromatic nitrogens is 3. The van der Waals surface area contributed by atoms with Crippen LogP contribution in [0.1, 0.15) is 13.3 Å². The third kappa shape index (κ3) is 2.36. The molecule has 3 rings (SSSR count). The van der Waals surface area contributed by atoms with E-state index < -0.39 is 0 Å². The summed E-state index contributed by atoms with van der Waals surface area (Å²) in [6.45, 7) is 2.13. The number of thioether (sulfide) groups is 1. The van der Waals surface area contributed by atoms with Crippen LogP contribution in [0.2, 0.25) is 0 Å². The SMILES string of the molecule is CCCSc1ccc2nc(-c3ccccc3)c(O)n2n1. The maximum Gasteiger partial charge on any atom is 0.241 e. The molecule has 0 aliphatic heterocycles. The van der Waals surface area contributed by atoms with E-state index in [1.807, 2.05) is 42.5 Å². The van der Waals surface area contributed by atoms with E-state index in [0.29, 0.717) is 11.3 Å². The molecule has 2 aromatic heterocycles. The van der Waals surface area contributed by atoms with Gasteiger partial charge in [0.15, 0.2) is 5.65 Å². The number of rotatable bonds is 4. The third-order valence-corrected chi connectivity index (χ3v) is 4.06. The first-order valence-electron chi connectivity index (χ1n) is 6.56. The van der Waals surface area contributed by atoms with E-state index in [2.05, 4.69) is 17.0 Å². The smallest absolute Gasteiger partial charge is 0.241 e. The van der Waals surface area contributed by atoms with Crippen molar-refractivity contribution in [2.75, 3.05) is 5.75 Å². The molecular weight excluding hydrogens is 270 g/mol. The molecule has 0 saturated carbocycles. The zero-order valence-electron chi connectivity index (χ0n) is 11.2. The van der Waals surface area contributed by atoms with E-state index in [0.717, 1.165) is 22.8 Å². The second-order valence-corrected chi connectivity index (χ2v) is 5.56. The zero-order chi connectivity index (χ0) is 13.9. The van der Waals surface area contributed by atoms with Crippen LogP contribution in [0.15, 0.2) is 47.5 Å². The number of aromatic hydroxyl groups is 1. The van der Waals surface area contributed by atoms with E-state index >= 15 is 0 Å². The Bertz CT molecular complexity index is 725. The van der Waals surface area contributed by atoms with Crippen molar-refractivity contribution in [3.8, 4) is 17.1 Å². The number of nitrogens with zero attached hydrogens (tertiary/aromatic N) is 3. The van der Waals surface area contributed by atoms with E-state index in [4.69, 9.17) is 0 Å². The second kappa shape index (κ2) is 5.54. The summed E-state index contributed by atoms with van der Waals surface area (Å²) in [7, 11) is 0. The minimum atomic E-state index is 0.0881. The molecule has 1 aromatic carbocycles. The maximum atomic E-state index is 10.3. The average Bonchev–Trinajstić information content (AvgIpc) is 2.83. The predicted octanol–water partition coefficient (Wildman–Crippen LogP) is 3.60. The first-order valence-corrected chi connectivity index (χ1v) is 7.55. The summed E-state index contributed by atoms with van der Waals surface area (Å²) in [5.41, 5.74) is 2.11. The molecule has 0 radical (unpaired) electrons. The van der Waals surface area contributed by atoms with Crippen molar-refractivity contribution in [1.82, 2.24) is 14.6 Å². The van der Waals surface area contributed by atoms with Gasteiger partial charge in [-0.05, 0) is 24.3 Å². The number of benzene rings is 1. The Balaban J connectivity index is 2.06. The summed E-state index contributed by atoms with van der Waals surface area (Å²) in [6, 6.07) is 13.5. The molecule has 0 aliphatic carbocycles. The molecule has 0 spiro atoms. The van der Waals surface area contributed by atoms with Crippen molar-refractivity contribution in [2.24, 2.45) is 0 Å². The van der Waals surface area contributed by atoms with Gasteiger partial charge in [0, 0.05) is 5.56 Å². The van der Waals surface area contributed by atoms with Crippen LogP contribution in [0.4, 0.5) is 0 Å². The molecule has 0 unspecified atom stereocenters. The minimum absolute atomic E-state index is 0.0881. The van der Waals surface area contributed by atoms with Crippen molar-refractivity contribution in [3.05, 3.63) is 42.5 Å². The molecule has 20 heavy (non-hydrogen) atoms. The van der Waals surface area contributed by atoms with E-state index in [1.54, 1.807) is 11.8 Å². The first-order chi connectivity index (χ1) is 9.79. The van der Waals surface area contributed by atoms with Crippen LogP contribution in [-0.2, 0) is 0 Å². The van der Waals surface area contributed by atoms with Gasteiger partial charge < -0.3 is 5.11 Å². The highest BCUT2D eigenvalue weighted by Crippen LogP contribution is 2.29. The highest BCUT2D eigenvalue weighted by atomic mass is 32.2. The monoisotopic (exact) mass is 285 g/mol. The topological polar surface area (TPSA) is 50.4 Å². The second-order valence-electron chi connectivity index (χ2n) is 4.44. The predicted molar refractivity (Wildman–Crippen MR) is 81.1 cm³/mol. The van der Waals surface area contributed by atoms with E-state index in [9.17, 15) is 5.11 Å². The van der Waals surface area contributed by atoms with Gasteiger partial charge in [-0.2, -0.15) is 9.61 Å². The molecule has 0 saturated heterocycles. The lowest BCUT2D eigenvalue weighted by Gasteiger charge is -2.00. The van der Waals surface area contributed by atoms with Gasteiger partial charge in [0.05, 0.1) is 0 Å². The Kier molecular flexibility index (Phi) is 3.60. The van der Waals surface area contributed by atoms with Gasteiger partial charge in [0.25, 0.3) is 0 Å². The van der Waals surface area contributed by atoms with Crippen LogP contribution in [0, 0.1) is 0 Å². The fraction of sp³-hybridized carbons (Fsp3) is 0.200. The molecule has 2 heterocycles. The lowest BCUT2D eigenvalue weighted by molar-refractivity contribution is 0.438. The lowest BCUT2D eigenvalue weighted by Crippen LogP contribution is -1.93. The van der Waals surface area contributed by atoms with Gasteiger partial charge in [-0.3, -0.25) is 0 Å². The van der Waals surface area contributed by atoms with Crippen molar-refractivity contribution < 1.29 is 5.11 Å². The van der Waals surface area contributed by atoms with Crippen LogP contribution in [0.25, 0.3) is 16.9 Å². The number of imidazole rings is 1. The van der Waals surface area contributed by atoms with Crippen LogP contribution >= 0.6 is 11.8 Å². The minimum Gasteiger partial charge on any atom is -0.492 e. The molecule has 0 fully saturated rings. The molecule has 3 aromatic rings. The van der Waals surface area contributed by atoms with Gasteiger partial charge in [-0.1, -0.05) is 37.3 Å². The van der Waals surface area contributed by atoms with Gasteiger partial charge >= 0.3 is 0 Å². The van der Waals surface area contributed by atoms with Crippen molar-refractivity contribution in [1.29, 1.82) is 0 Å². The van der Waals surface area contributed by atoms with E-state index in [-0.39, 0.29) is 5.88 Å². The standard InChI is InChI=1S/C15H15N3OS/c1-2-10-20-13-9-8-12-16-14(15(19)18(12)17-13)11-6-4-3-5-7-11/h3-9,19H,2,10H2,1H3. The maximum absolute atomic E-state index is 10.3.